The summed E-state index contributed by atoms with van der Waals surface area (Å²) in [4.78, 5) is 3.45. The third-order valence-electron chi connectivity index (χ3n) is 3.97. The van der Waals surface area contributed by atoms with Gasteiger partial charge in [0.15, 0.2) is 17.3 Å². The Balaban J connectivity index is 2.17. The summed E-state index contributed by atoms with van der Waals surface area (Å²) in [5, 5.41) is 0. The van der Waals surface area contributed by atoms with Crippen LogP contribution in [0, 0.1) is 11.6 Å². The summed E-state index contributed by atoms with van der Waals surface area (Å²) in [6.45, 7) is -4.23. The van der Waals surface area contributed by atoms with Gasteiger partial charge < -0.3 is 17.6 Å². The summed E-state index contributed by atoms with van der Waals surface area (Å²) in [5.41, 5.74) is -0.311. The summed E-state index contributed by atoms with van der Waals surface area (Å²) in [5.74, 6) is -1.84. The van der Waals surface area contributed by atoms with Crippen LogP contribution in [0.4, 0.5) is 17.4 Å². The average molecular weight is 463 g/mol. The highest BCUT2D eigenvalue weighted by atomic mass is 79.9. The summed E-state index contributed by atoms with van der Waals surface area (Å²) in [7, 11) is 0. The van der Waals surface area contributed by atoms with Crippen LogP contribution in [0.5, 0.6) is 0 Å². The molecule has 2 aromatic rings. The molecule has 2 aliphatic rings. The molecule has 0 atom stereocenters. The number of rotatable bonds is 1. The molecule has 3 nitrogen and oxygen atoms in total. The second-order valence-corrected chi connectivity index (χ2v) is 6.89. The lowest BCUT2D eigenvalue weighted by Crippen LogP contribution is -2.50. The SMILES string of the molecule is Fc1cncc(F)c1C1=C2C=CC(Br)=[N+]2[B-](F)(F)n2c(Br)ccc21. The Bertz CT molecular complexity index is 974. The van der Waals surface area contributed by atoms with E-state index in [1.54, 1.807) is 0 Å². The molecule has 2 aliphatic heterocycles. The second-order valence-electron chi connectivity index (χ2n) is 5.26. The molecule has 0 N–H and O–H groups in total. The van der Waals surface area contributed by atoms with Gasteiger partial charge in [0.25, 0.3) is 0 Å². The quantitative estimate of drug-likeness (QED) is 0.457. The molecule has 0 radical (unpaired) electrons. The summed E-state index contributed by atoms with van der Waals surface area (Å²) < 4.78 is 60.2. The Labute approximate surface area is 150 Å². The molecule has 24 heavy (non-hydrogen) atoms. The van der Waals surface area contributed by atoms with E-state index in [-0.39, 0.29) is 26.2 Å². The molecular formula is C14H6BBr2F4N3. The average Bonchev–Trinajstić information content (AvgIpc) is 3.07. The Kier molecular flexibility index (Phi) is 3.40. The largest absolute Gasteiger partial charge is 0.738 e. The predicted octanol–water partition coefficient (Wildman–Crippen LogP) is 4.30. The molecule has 10 heteroatoms. The fourth-order valence-corrected chi connectivity index (χ4v) is 4.18. The first kappa shape index (κ1) is 15.8. The molecule has 0 saturated carbocycles. The van der Waals surface area contributed by atoms with Crippen molar-refractivity contribution in [2.45, 2.75) is 0 Å². The topological polar surface area (TPSA) is 20.8 Å². The van der Waals surface area contributed by atoms with E-state index in [2.05, 4.69) is 36.8 Å². The smallest absolute Gasteiger partial charge is 0.389 e. The zero-order valence-electron chi connectivity index (χ0n) is 11.7. The lowest BCUT2D eigenvalue weighted by Gasteiger charge is -2.32. The molecule has 0 aliphatic carbocycles. The molecule has 122 valence electrons. The normalized spacial score (nSPS) is 18.2. The van der Waals surface area contributed by atoms with Crippen LogP contribution >= 0.6 is 31.9 Å². The van der Waals surface area contributed by atoms with Crippen LogP contribution in [0.2, 0.25) is 0 Å². The van der Waals surface area contributed by atoms with Crippen LogP contribution in [-0.4, -0.2) is 25.5 Å². The third-order valence-corrected chi connectivity index (χ3v) is 5.27. The molecule has 0 saturated heterocycles. The highest BCUT2D eigenvalue weighted by Gasteiger charge is 2.54. The Morgan fingerprint density at radius 2 is 1.71 bits per heavy atom. The molecule has 2 aromatic heterocycles. The van der Waals surface area contributed by atoms with Crippen LogP contribution in [0.25, 0.3) is 5.57 Å². The van der Waals surface area contributed by atoms with Gasteiger partial charge in [-0.3, -0.25) is 4.98 Å². The van der Waals surface area contributed by atoms with Gasteiger partial charge in [-0.1, -0.05) is 0 Å². The van der Waals surface area contributed by atoms with Crippen LogP contribution in [-0.2, 0) is 0 Å². The van der Waals surface area contributed by atoms with E-state index in [1.165, 1.54) is 24.3 Å². The van der Waals surface area contributed by atoms with Gasteiger partial charge in [-0.25, -0.2) is 8.78 Å². The number of hydrogen-bond acceptors (Lipinski definition) is 1. The molecular weight excluding hydrogens is 457 g/mol. The number of fused-ring (bicyclic) bond motifs is 2. The highest BCUT2D eigenvalue weighted by Crippen LogP contribution is 2.42. The van der Waals surface area contributed by atoms with Crippen LogP contribution in [0.3, 0.4) is 0 Å². The lowest BCUT2D eigenvalue weighted by molar-refractivity contribution is -0.358. The van der Waals surface area contributed by atoms with Crippen molar-refractivity contribution in [2.75, 3.05) is 0 Å². The third kappa shape index (κ3) is 1.95. The van der Waals surface area contributed by atoms with E-state index in [1.807, 2.05) is 0 Å². The van der Waals surface area contributed by atoms with Crippen LogP contribution < -0.4 is 0 Å². The van der Waals surface area contributed by atoms with E-state index in [4.69, 9.17) is 0 Å². The lowest BCUT2D eigenvalue weighted by atomic mass is 9.86. The van der Waals surface area contributed by atoms with Gasteiger partial charge >= 0.3 is 6.97 Å². The Hall–Kier alpha value is -1.68. The first-order chi connectivity index (χ1) is 11.3. The Morgan fingerprint density at radius 1 is 1.04 bits per heavy atom. The number of allylic oxidation sites excluding steroid dienone is 2. The molecule has 0 spiro atoms. The first-order valence-electron chi connectivity index (χ1n) is 6.77. The van der Waals surface area contributed by atoms with Gasteiger partial charge in [-0.2, -0.15) is 0 Å². The number of nitrogens with zero attached hydrogens (tertiary/aromatic N) is 3. The van der Waals surface area contributed by atoms with Crippen molar-refractivity contribution in [1.29, 1.82) is 0 Å². The predicted molar refractivity (Wildman–Crippen MR) is 89.0 cm³/mol. The van der Waals surface area contributed by atoms with Gasteiger partial charge in [0, 0.05) is 33.8 Å². The fraction of sp³-hybridized carbons (Fsp3) is 0. The number of hydrogen-bond donors (Lipinski definition) is 0. The standard InChI is InChI=1S/C14H6BBr2F4N3/c16-11-3-1-9-14(13-7(18)5-22-6-8(13)19)10-2-4-12(17)24(10)15(20,21)23(9)11/h1-6H. The molecule has 0 fully saturated rings. The molecule has 4 heterocycles. The summed E-state index contributed by atoms with van der Waals surface area (Å²) in [6, 6.07) is 2.82. The van der Waals surface area contributed by atoms with Crippen LogP contribution in [0.1, 0.15) is 11.3 Å². The minimum atomic E-state index is -4.23. The maximum Gasteiger partial charge on any atom is 0.738 e. The number of pyridine rings is 1. The van der Waals surface area contributed by atoms with Crippen molar-refractivity contribution in [3.63, 3.8) is 0 Å². The van der Waals surface area contributed by atoms with Crippen LogP contribution in [0.15, 0.2) is 47.0 Å². The highest BCUT2D eigenvalue weighted by molar-refractivity contribution is 9.18. The van der Waals surface area contributed by atoms with Gasteiger partial charge in [0.2, 0.25) is 4.62 Å². The maximum absolute atomic E-state index is 15.0. The number of halogens is 6. The summed E-state index contributed by atoms with van der Waals surface area (Å²) in [6.07, 6.45) is 4.53. The molecule has 0 aromatic carbocycles. The molecule has 0 amide bonds. The van der Waals surface area contributed by atoms with E-state index in [0.29, 0.717) is 0 Å². The van der Waals surface area contributed by atoms with E-state index in [9.17, 15) is 17.4 Å². The van der Waals surface area contributed by atoms with Crippen molar-refractivity contribution in [3.8, 4) is 0 Å². The first-order valence-corrected chi connectivity index (χ1v) is 8.35. The number of aromatic nitrogens is 2. The molecule has 0 bridgehead atoms. The Morgan fingerprint density at radius 3 is 2.38 bits per heavy atom. The zero-order chi connectivity index (χ0) is 17.2. The van der Waals surface area contributed by atoms with Crippen molar-refractivity contribution in [3.05, 3.63) is 69.9 Å². The van der Waals surface area contributed by atoms with Crippen molar-refractivity contribution in [2.24, 2.45) is 0 Å². The van der Waals surface area contributed by atoms with Crippen molar-refractivity contribution < 1.29 is 21.9 Å². The fourth-order valence-electron chi connectivity index (χ4n) is 3.04. The van der Waals surface area contributed by atoms with E-state index >= 15 is 0 Å². The van der Waals surface area contributed by atoms with Crippen molar-refractivity contribution >= 4 is 49.0 Å². The summed E-state index contributed by atoms with van der Waals surface area (Å²) >= 11 is 6.17. The van der Waals surface area contributed by atoms with E-state index in [0.717, 1.165) is 21.4 Å². The van der Waals surface area contributed by atoms with Gasteiger partial charge in [0.05, 0.1) is 28.1 Å². The minimum Gasteiger partial charge on any atom is -0.389 e. The zero-order valence-corrected chi connectivity index (χ0v) is 14.8. The van der Waals surface area contributed by atoms with Crippen molar-refractivity contribution in [1.82, 2.24) is 9.46 Å². The maximum atomic E-state index is 15.0. The minimum absolute atomic E-state index is 0.0222. The molecule has 4 rings (SSSR count). The second kappa shape index (κ2) is 5.16. The monoisotopic (exact) mass is 461 g/mol. The molecule has 0 unspecified atom stereocenters. The van der Waals surface area contributed by atoms with Gasteiger partial charge in [0.1, 0.15) is 0 Å². The van der Waals surface area contributed by atoms with Gasteiger partial charge in [-0.15, -0.1) is 0 Å². The van der Waals surface area contributed by atoms with E-state index < -0.39 is 24.2 Å². The van der Waals surface area contributed by atoms with Gasteiger partial charge in [-0.05, 0) is 28.1 Å².